The summed E-state index contributed by atoms with van der Waals surface area (Å²) in [6, 6.07) is 17.3. The molecule has 2 heterocycles. The van der Waals surface area contributed by atoms with Crippen LogP contribution in [0, 0.1) is 18.3 Å². The number of nitriles is 1. The number of nitrogens with two attached hydrogens (primary N) is 1. The summed E-state index contributed by atoms with van der Waals surface area (Å²) in [5.74, 6) is 0.145. The largest absolute Gasteiger partial charge is 0.440 e. The Balaban J connectivity index is 2.09. The first-order valence-electron chi connectivity index (χ1n) is 7.80. The zero-order chi connectivity index (χ0) is 17.6. The third-order valence-corrected chi connectivity index (χ3v) is 4.39. The topological polar surface area (TPSA) is 89.2 Å². The van der Waals surface area contributed by atoms with Crippen molar-refractivity contribution in [1.29, 1.82) is 5.26 Å². The highest BCUT2D eigenvalue weighted by molar-refractivity contribution is 5.87. The van der Waals surface area contributed by atoms with Crippen molar-refractivity contribution in [3.63, 3.8) is 0 Å². The Labute approximate surface area is 143 Å². The number of allylic oxidation sites excluding steroid dienone is 1. The molecule has 0 radical (unpaired) electrons. The molecule has 2 N–H and O–H groups in total. The van der Waals surface area contributed by atoms with Crippen LogP contribution in [0.25, 0.3) is 10.8 Å². The maximum absolute atomic E-state index is 12.6. The van der Waals surface area contributed by atoms with E-state index >= 15 is 0 Å². The SMILES string of the molecule is Cc1cc2c(c(=O)o1)[C@H](c1cccc3ccccc13)C(C#N)=C(N)O2. The summed E-state index contributed by atoms with van der Waals surface area (Å²) in [6.07, 6.45) is 0. The van der Waals surface area contributed by atoms with Crippen LogP contribution < -0.4 is 16.1 Å². The van der Waals surface area contributed by atoms with E-state index in [2.05, 4.69) is 6.07 Å². The Morgan fingerprint density at radius 1 is 1.16 bits per heavy atom. The van der Waals surface area contributed by atoms with E-state index in [1.807, 2.05) is 42.5 Å². The van der Waals surface area contributed by atoms with Crippen molar-refractivity contribution in [3.05, 3.63) is 87.3 Å². The smallest absolute Gasteiger partial charge is 0.343 e. The van der Waals surface area contributed by atoms with Crippen LogP contribution in [-0.2, 0) is 0 Å². The van der Waals surface area contributed by atoms with Gasteiger partial charge in [0.15, 0.2) is 0 Å². The molecular weight excluding hydrogens is 316 g/mol. The first-order chi connectivity index (χ1) is 12.1. The van der Waals surface area contributed by atoms with E-state index in [-0.39, 0.29) is 11.5 Å². The zero-order valence-electron chi connectivity index (χ0n) is 13.4. The van der Waals surface area contributed by atoms with Crippen LogP contribution in [0.4, 0.5) is 0 Å². The molecule has 3 aromatic rings. The molecule has 1 aliphatic rings. The summed E-state index contributed by atoms with van der Waals surface area (Å²) in [5.41, 5.74) is 6.78. The van der Waals surface area contributed by atoms with Gasteiger partial charge in [0.25, 0.3) is 0 Å². The van der Waals surface area contributed by atoms with Crippen molar-refractivity contribution >= 4 is 10.8 Å². The summed E-state index contributed by atoms with van der Waals surface area (Å²) in [4.78, 5) is 12.6. The average Bonchev–Trinajstić information content (AvgIpc) is 2.60. The summed E-state index contributed by atoms with van der Waals surface area (Å²) in [6.45, 7) is 1.66. The summed E-state index contributed by atoms with van der Waals surface area (Å²) < 4.78 is 10.8. The molecule has 5 nitrogen and oxygen atoms in total. The lowest BCUT2D eigenvalue weighted by molar-refractivity contribution is 0.372. The van der Waals surface area contributed by atoms with Crippen molar-refractivity contribution in [3.8, 4) is 11.8 Å². The standard InChI is InChI=1S/C20H14N2O3/c1-11-9-16-18(20(23)24-11)17(15(10-21)19(22)25-16)14-8-4-6-12-5-2-3-7-13(12)14/h2-9,17H,22H2,1H3/t17-/m1/s1. The van der Waals surface area contributed by atoms with E-state index in [1.165, 1.54) is 0 Å². The lowest BCUT2D eigenvalue weighted by Crippen LogP contribution is -2.26. The van der Waals surface area contributed by atoms with Gasteiger partial charge in [0.1, 0.15) is 23.2 Å². The monoisotopic (exact) mass is 330 g/mol. The molecule has 2 aromatic carbocycles. The van der Waals surface area contributed by atoms with Gasteiger partial charge < -0.3 is 14.9 Å². The number of rotatable bonds is 1. The maximum Gasteiger partial charge on any atom is 0.343 e. The fourth-order valence-corrected chi connectivity index (χ4v) is 3.33. The first kappa shape index (κ1) is 15.0. The molecule has 1 atom stereocenters. The molecule has 0 saturated heterocycles. The van der Waals surface area contributed by atoms with Gasteiger partial charge in [-0.05, 0) is 23.3 Å². The van der Waals surface area contributed by atoms with E-state index in [9.17, 15) is 10.1 Å². The fourth-order valence-electron chi connectivity index (χ4n) is 3.33. The molecule has 5 heteroatoms. The minimum Gasteiger partial charge on any atom is -0.440 e. The molecule has 1 aliphatic heterocycles. The number of hydrogen-bond acceptors (Lipinski definition) is 5. The van der Waals surface area contributed by atoms with Crippen LogP contribution >= 0.6 is 0 Å². The number of benzene rings is 2. The normalized spacial score (nSPS) is 16.2. The molecular formula is C20H14N2O3. The lowest BCUT2D eigenvalue weighted by Gasteiger charge is -2.26. The van der Waals surface area contributed by atoms with E-state index in [1.54, 1.807) is 13.0 Å². The van der Waals surface area contributed by atoms with Crippen LogP contribution in [-0.4, -0.2) is 0 Å². The van der Waals surface area contributed by atoms with Crippen molar-refractivity contribution in [1.82, 2.24) is 0 Å². The molecule has 0 spiro atoms. The van der Waals surface area contributed by atoms with Crippen LogP contribution in [0.2, 0.25) is 0 Å². The van der Waals surface area contributed by atoms with Crippen LogP contribution in [0.3, 0.4) is 0 Å². The molecule has 0 aliphatic carbocycles. The Morgan fingerprint density at radius 2 is 1.92 bits per heavy atom. The zero-order valence-corrected chi connectivity index (χ0v) is 13.4. The molecule has 0 unspecified atom stereocenters. The second-order valence-electron chi connectivity index (χ2n) is 5.92. The van der Waals surface area contributed by atoms with E-state index in [0.29, 0.717) is 17.1 Å². The molecule has 0 amide bonds. The quantitative estimate of drug-likeness (QED) is 0.739. The van der Waals surface area contributed by atoms with Gasteiger partial charge in [-0.2, -0.15) is 5.26 Å². The van der Waals surface area contributed by atoms with Gasteiger partial charge in [0, 0.05) is 6.07 Å². The number of hydrogen-bond donors (Lipinski definition) is 1. The highest BCUT2D eigenvalue weighted by Gasteiger charge is 2.35. The summed E-state index contributed by atoms with van der Waals surface area (Å²) in [5, 5.41) is 11.6. The Morgan fingerprint density at radius 3 is 2.72 bits per heavy atom. The van der Waals surface area contributed by atoms with Gasteiger partial charge in [0.05, 0.1) is 11.5 Å². The van der Waals surface area contributed by atoms with Crippen LogP contribution in [0.1, 0.15) is 22.8 Å². The van der Waals surface area contributed by atoms with Gasteiger partial charge in [-0.3, -0.25) is 0 Å². The van der Waals surface area contributed by atoms with Gasteiger partial charge in [0.2, 0.25) is 5.88 Å². The van der Waals surface area contributed by atoms with Gasteiger partial charge in [-0.15, -0.1) is 0 Å². The number of ether oxygens (including phenoxy) is 1. The van der Waals surface area contributed by atoms with Crippen LogP contribution in [0.5, 0.6) is 5.75 Å². The van der Waals surface area contributed by atoms with E-state index in [0.717, 1.165) is 16.3 Å². The van der Waals surface area contributed by atoms with Crippen molar-refractivity contribution in [2.24, 2.45) is 5.73 Å². The van der Waals surface area contributed by atoms with Crippen LogP contribution in [0.15, 0.2) is 69.2 Å². The molecule has 122 valence electrons. The minimum atomic E-state index is -0.628. The second-order valence-corrected chi connectivity index (χ2v) is 5.92. The molecule has 0 bridgehead atoms. The highest BCUT2D eigenvalue weighted by atomic mass is 16.5. The van der Waals surface area contributed by atoms with Crippen molar-refractivity contribution in [2.45, 2.75) is 12.8 Å². The van der Waals surface area contributed by atoms with E-state index < -0.39 is 11.5 Å². The second kappa shape index (κ2) is 5.53. The third kappa shape index (κ3) is 2.27. The maximum atomic E-state index is 12.6. The molecule has 4 rings (SSSR count). The lowest BCUT2D eigenvalue weighted by atomic mass is 9.82. The summed E-state index contributed by atoms with van der Waals surface area (Å²) in [7, 11) is 0. The van der Waals surface area contributed by atoms with Gasteiger partial charge in [-0.1, -0.05) is 42.5 Å². The molecule has 0 saturated carbocycles. The van der Waals surface area contributed by atoms with Crippen molar-refractivity contribution in [2.75, 3.05) is 0 Å². The number of nitrogens with zero attached hydrogens (tertiary/aromatic N) is 1. The summed E-state index contributed by atoms with van der Waals surface area (Å²) >= 11 is 0. The fraction of sp³-hybridized carbons (Fsp3) is 0.100. The van der Waals surface area contributed by atoms with Crippen molar-refractivity contribution < 1.29 is 9.15 Å². The molecule has 1 aromatic heterocycles. The Hall–Kier alpha value is -3.52. The number of aryl methyl sites for hydroxylation is 1. The predicted molar refractivity (Wildman–Crippen MR) is 93.0 cm³/mol. The van der Waals surface area contributed by atoms with E-state index in [4.69, 9.17) is 14.9 Å². The van der Waals surface area contributed by atoms with Gasteiger partial charge >= 0.3 is 5.63 Å². The Bertz CT molecular complexity index is 1130. The highest BCUT2D eigenvalue weighted by Crippen LogP contribution is 2.42. The Kier molecular flexibility index (Phi) is 3.33. The molecule has 25 heavy (non-hydrogen) atoms. The van der Waals surface area contributed by atoms with Gasteiger partial charge in [-0.25, -0.2) is 4.79 Å². The predicted octanol–water partition coefficient (Wildman–Crippen LogP) is 3.32. The minimum absolute atomic E-state index is 0.0120. The molecule has 0 fully saturated rings. The number of fused-ring (bicyclic) bond motifs is 2. The third-order valence-electron chi connectivity index (χ3n) is 4.39. The average molecular weight is 330 g/mol. The first-order valence-corrected chi connectivity index (χ1v) is 7.80.